The van der Waals surface area contributed by atoms with E-state index in [1.165, 1.54) is 5.56 Å². The van der Waals surface area contributed by atoms with Crippen molar-refractivity contribution in [2.45, 2.75) is 32.7 Å². The normalized spacial score (nSPS) is 13.1. The SMILES string of the molecule is COCCCC(N)c1c(C)nn(C)c1C. The molecule has 0 saturated carbocycles. The van der Waals surface area contributed by atoms with Crippen molar-refractivity contribution in [3.05, 3.63) is 17.0 Å². The fourth-order valence-corrected chi connectivity index (χ4v) is 1.92. The first-order chi connectivity index (χ1) is 7.07. The predicted octanol–water partition coefficient (Wildman–Crippen LogP) is 1.46. The van der Waals surface area contributed by atoms with Crippen LogP contribution in [0.1, 0.15) is 35.8 Å². The number of aryl methyl sites for hydroxylation is 2. The molecule has 0 bridgehead atoms. The fraction of sp³-hybridized carbons (Fsp3) is 0.727. The third kappa shape index (κ3) is 2.79. The Kier molecular flexibility index (Phi) is 4.29. The van der Waals surface area contributed by atoms with E-state index in [1.807, 2.05) is 18.7 Å². The highest BCUT2D eigenvalue weighted by atomic mass is 16.5. The van der Waals surface area contributed by atoms with Crippen LogP contribution in [0, 0.1) is 13.8 Å². The second-order valence-electron chi connectivity index (χ2n) is 3.95. The monoisotopic (exact) mass is 211 g/mol. The second kappa shape index (κ2) is 5.28. The Morgan fingerprint density at radius 3 is 2.60 bits per heavy atom. The second-order valence-corrected chi connectivity index (χ2v) is 3.95. The Hall–Kier alpha value is -0.870. The molecule has 0 amide bonds. The fourth-order valence-electron chi connectivity index (χ4n) is 1.92. The maximum absolute atomic E-state index is 6.14. The molecule has 1 aromatic heterocycles. The maximum atomic E-state index is 6.14. The van der Waals surface area contributed by atoms with Gasteiger partial charge in [0, 0.05) is 38.1 Å². The van der Waals surface area contributed by atoms with Gasteiger partial charge >= 0.3 is 0 Å². The smallest absolute Gasteiger partial charge is 0.0644 e. The summed E-state index contributed by atoms with van der Waals surface area (Å²) in [7, 11) is 3.67. The van der Waals surface area contributed by atoms with E-state index in [0.29, 0.717) is 0 Å². The van der Waals surface area contributed by atoms with Crippen LogP contribution in [0.3, 0.4) is 0 Å². The minimum Gasteiger partial charge on any atom is -0.385 e. The topological polar surface area (TPSA) is 53.1 Å². The summed E-state index contributed by atoms with van der Waals surface area (Å²) in [5.74, 6) is 0. The summed E-state index contributed by atoms with van der Waals surface area (Å²) in [6, 6.07) is 0.0776. The van der Waals surface area contributed by atoms with Crippen molar-refractivity contribution >= 4 is 0 Å². The highest BCUT2D eigenvalue weighted by molar-refractivity contribution is 5.27. The molecular formula is C11H21N3O. The molecule has 1 rings (SSSR count). The lowest BCUT2D eigenvalue weighted by molar-refractivity contribution is 0.190. The molecule has 0 saturated heterocycles. The Balaban J connectivity index is 2.68. The van der Waals surface area contributed by atoms with Crippen LogP contribution in [0.2, 0.25) is 0 Å². The molecule has 0 aliphatic rings. The van der Waals surface area contributed by atoms with Crippen LogP contribution < -0.4 is 5.73 Å². The molecule has 4 nitrogen and oxygen atoms in total. The number of aromatic nitrogens is 2. The first-order valence-electron chi connectivity index (χ1n) is 5.32. The van der Waals surface area contributed by atoms with Crippen LogP contribution in [-0.2, 0) is 11.8 Å². The Morgan fingerprint density at radius 1 is 1.47 bits per heavy atom. The third-order valence-corrected chi connectivity index (χ3v) is 2.80. The molecule has 1 atom stereocenters. The highest BCUT2D eigenvalue weighted by Crippen LogP contribution is 2.22. The molecule has 86 valence electrons. The van der Waals surface area contributed by atoms with Crippen LogP contribution in [0.5, 0.6) is 0 Å². The van der Waals surface area contributed by atoms with E-state index in [0.717, 1.165) is 30.8 Å². The first-order valence-corrected chi connectivity index (χ1v) is 5.32. The lowest BCUT2D eigenvalue weighted by atomic mass is 10.0. The van der Waals surface area contributed by atoms with Crippen molar-refractivity contribution in [2.24, 2.45) is 12.8 Å². The summed E-state index contributed by atoms with van der Waals surface area (Å²) in [4.78, 5) is 0. The third-order valence-electron chi connectivity index (χ3n) is 2.80. The average Bonchev–Trinajstić information content (AvgIpc) is 2.41. The molecule has 0 spiro atoms. The lowest BCUT2D eigenvalue weighted by Gasteiger charge is -2.12. The summed E-state index contributed by atoms with van der Waals surface area (Å²) in [6.45, 7) is 4.84. The van der Waals surface area contributed by atoms with E-state index in [2.05, 4.69) is 12.0 Å². The largest absolute Gasteiger partial charge is 0.385 e. The Labute approximate surface area is 91.4 Å². The van der Waals surface area contributed by atoms with E-state index in [-0.39, 0.29) is 6.04 Å². The molecule has 0 aliphatic carbocycles. The highest BCUT2D eigenvalue weighted by Gasteiger charge is 2.15. The maximum Gasteiger partial charge on any atom is 0.0644 e. The molecule has 0 radical (unpaired) electrons. The quantitative estimate of drug-likeness (QED) is 0.750. The molecule has 1 aromatic rings. The average molecular weight is 211 g/mol. The van der Waals surface area contributed by atoms with Gasteiger partial charge in [0.25, 0.3) is 0 Å². The molecule has 0 aromatic carbocycles. The lowest BCUT2D eigenvalue weighted by Crippen LogP contribution is -2.13. The van der Waals surface area contributed by atoms with Gasteiger partial charge in [0.15, 0.2) is 0 Å². The van der Waals surface area contributed by atoms with Crippen LogP contribution >= 0.6 is 0 Å². The van der Waals surface area contributed by atoms with Gasteiger partial charge in [-0.25, -0.2) is 0 Å². The standard InChI is InChI=1S/C11H21N3O/c1-8-11(9(2)14(3)13-8)10(12)6-5-7-15-4/h10H,5-7,12H2,1-4H3. The predicted molar refractivity (Wildman–Crippen MR) is 60.7 cm³/mol. The van der Waals surface area contributed by atoms with E-state index in [9.17, 15) is 0 Å². The van der Waals surface area contributed by atoms with Gasteiger partial charge in [-0.2, -0.15) is 5.10 Å². The number of ether oxygens (including phenoxy) is 1. The summed E-state index contributed by atoms with van der Waals surface area (Å²) in [5, 5.41) is 4.37. The zero-order valence-corrected chi connectivity index (χ0v) is 10.1. The van der Waals surface area contributed by atoms with Crippen LogP contribution in [-0.4, -0.2) is 23.5 Å². The van der Waals surface area contributed by atoms with Crippen molar-refractivity contribution in [3.63, 3.8) is 0 Å². The van der Waals surface area contributed by atoms with Gasteiger partial charge in [-0.15, -0.1) is 0 Å². The van der Waals surface area contributed by atoms with Crippen LogP contribution in [0.25, 0.3) is 0 Å². The minimum atomic E-state index is 0.0776. The zero-order valence-electron chi connectivity index (χ0n) is 10.1. The van der Waals surface area contributed by atoms with Gasteiger partial charge in [-0.1, -0.05) is 0 Å². The van der Waals surface area contributed by atoms with Gasteiger partial charge < -0.3 is 10.5 Å². The summed E-state index contributed by atoms with van der Waals surface area (Å²) in [6.07, 6.45) is 1.94. The first kappa shape index (κ1) is 12.2. The molecule has 4 heteroatoms. The van der Waals surface area contributed by atoms with Crippen LogP contribution in [0.4, 0.5) is 0 Å². The van der Waals surface area contributed by atoms with Gasteiger partial charge in [-0.3, -0.25) is 4.68 Å². The van der Waals surface area contributed by atoms with Crippen molar-refractivity contribution in [3.8, 4) is 0 Å². The van der Waals surface area contributed by atoms with Crippen molar-refractivity contribution in [1.29, 1.82) is 0 Å². The molecule has 0 fully saturated rings. The molecule has 0 aliphatic heterocycles. The van der Waals surface area contributed by atoms with Crippen LogP contribution in [0.15, 0.2) is 0 Å². The van der Waals surface area contributed by atoms with Gasteiger partial charge in [-0.05, 0) is 26.7 Å². The van der Waals surface area contributed by atoms with E-state index in [1.54, 1.807) is 7.11 Å². The van der Waals surface area contributed by atoms with Gasteiger partial charge in [0.2, 0.25) is 0 Å². The van der Waals surface area contributed by atoms with Crippen molar-refractivity contribution in [2.75, 3.05) is 13.7 Å². The van der Waals surface area contributed by atoms with Gasteiger partial charge in [0.1, 0.15) is 0 Å². The Bertz CT molecular complexity index is 320. The molecule has 15 heavy (non-hydrogen) atoms. The minimum absolute atomic E-state index is 0.0776. The van der Waals surface area contributed by atoms with Crippen molar-refractivity contribution in [1.82, 2.24) is 9.78 Å². The van der Waals surface area contributed by atoms with E-state index in [4.69, 9.17) is 10.5 Å². The summed E-state index contributed by atoms with van der Waals surface area (Å²) >= 11 is 0. The number of rotatable bonds is 5. The summed E-state index contributed by atoms with van der Waals surface area (Å²) in [5.41, 5.74) is 9.54. The van der Waals surface area contributed by atoms with Crippen molar-refractivity contribution < 1.29 is 4.74 Å². The number of hydrogen-bond donors (Lipinski definition) is 1. The van der Waals surface area contributed by atoms with Gasteiger partial charge in [0.05, 0.1) is 5.69 Å². The molecule has 1 heterocycles. The van der Waals surface area contributed by atoms with E-state index < -0.39 is 0 Å². The zero-order chi connectivity index (χ0) is 11.4. The number of nitrogens with two attached hydrogens (primary N) is 1. The number of nitrogens with zero attached hydrogens (tertiary/aromatic N) is 2. The number of methoxy groups -OCH3 is 1. The summed E-state index contributed by atoms with van der Waals surface area (Å²) < 4.78 is 6.91. The molecular weight excluding hydrogens is 190 g/mol. The van der Waals surface area contributed by atoms with E-state index >= 15 is 0 Å². The molecule has 2 N–H and O–H groups in total. The Morgan fingerprint density at radius 2 is 2.13 bits per heavy atom. The number of hydrogen-bond acceptors (Lipinski definition) is 3. The molecule has 1 unspecified atom stereocenters.